The lowest BCUT2D eigenvalue weighted by Gasteiger charge is -2.43. The van der Waals surface area contributed by atoms with Crippen molar-refractivity contribution < 1.29 is 9.59 Å². The number of amides is 2. The number of carbonyl (C=O) groups is 2. The minimum absolute atomic E-state index is 0.0847. The number of nitrogens with zero attached hydrogens (tertiary/aromatic N) is 2. The fourth-order valence-electron chi connectivity index (χ4n) is 3.05. The predicted octanol–water partition coefficient (Wildman–Crippen LogP) is 1.50. The summed E-state index contributed by atoms with van der Waals surface area (Å²) in [4.78, 5) is 26.6. The molecule has 20 heavy (non-hydrogen) atoms. The van der Waals surface area contributed by atoms with Crippen LogP contribution in [-0.2, 0) is 4.79 Å². The number of thiophene rings is 1. The van der Waals surface area contributed by atoms with Gasteiger partial charge in [-0.15, -0.1) is 11.3 Å². The zero-order chi connectivity index (χ0) is 14.1. The normalized spacial score (nSPS) is 25.6. The number of rotatable bonds is 1. The molecule has 1 aromatic rings. The molecule has 6 heteroatoms. The summed E-state index contributed by atoms with van der Waals surface area (Å²) in [5, 5.41) is 13.5. The Morgan fingerprint density at radius 3 is 3.00 bits per heavy atom. The van der Waals surface area contributed by atoms with Crippen LogP contribution in [0.25, 0.3) is 0 Å². The molecule has 2 aliphatic rings. The maximum Gasteiger partial charge on any atom is 0.264 e. The number of piperazine rings is 1. The molecule has 0 aromatic carbocycles. The second-order valence-corrected chi connectivity index (χ2v) is 6.18. The van der Waals surface area contributed by atoms with Crippen molar-refractivity contribution in [1.82, 2.24) is 10.2 Å². The van der Waals surface area contributed by atoms with Crippen LogP contribution in [0.2, 0.25) is 0 Å². The number of nitriles is 1. The molecule has 1 saturated heterocycles. The van der Waals surface area contributed by atoms with Crippen LogP contribution in [0.15, 0.2) is 11.4 Å². The van der Waals surface area contributed by atoms with Gasteiger partial charge in [0, 0.05) is 11.4 Å². The molecular formula is C14H15N3O2S. The van der Waals surface area contributed by atoms with Gasteiger partial charge in [-0.1, -0.05) is 12.8 Å². The van der Waals surface area contributed by atoms with E-state index < -0.39 is 0 Å². The van der Waals surface area contributed by atoms with E-state index >= 15 is 0 Å². The van der Waals surface area contributed by atoms with Gasteiger partial charge in [0.15, 0.2) is 0 Å². The van der Waals surface area contributed by atoms with E-state index in [0.717, 1.165) is 25.7 Å². The number of fused-ring (bicyclic) bond motifs is 1. The third kappa shape index (κ3) is 2.29. The Labute approximate surface area is 121 Å². The summed E-state index contributed by atoms with van der Waals surface area (Å²) in [5.41, 5.74) is 0.500. The Hall–Kier alpha value is -1.87. The molecule has 104 valence electrons. The van der Waals surface area contributed by atoms with E-state index in [0.29, 0.717) is 10.4 Å². The van der Waals surface area contributed by atoms with Crippen molar-refractivity contribution in [2.75, 3.05) is 6.54 Å². The fraction of sp³-hybridized carbons (Fsp3) is 0.500. The van der Waals surface area contributed by atoms with Crippen LogP contribution in [0.3, 0.4) is 0 Å². The van der Waals surface area contributed by atoms with Crippen LogP contribution in [0.5, 0.6) is 0 Å². The van der Waals surface area contributed by atoms with Crippen LogP contribution in [0.1, 0.15) is 40.9 Å². The second kappa shape index (κ2) is 5.25. The molecule has 1 saturated carbocycles. The topological polar surface area (TPSA) is 73.2 Å². The van der Waals surface area contributed by atoms with Gasteiger partial charge in [0.05, 0.1) is 16.5 Å². The summed E-state index contributed by atoms with van der Waals surface area (Å²) in [6, 6.07) is 3.83. The van der Waals surface area contributed by atoms with Crippen molar-refractivity contribution >= 4 is 23.2 Å². The molecule has 2 unspecified atom stereocenters. The smallest absolute Gasteiger partial charge is 0.264 e. The summed E-state index contributed by atoms with van der Waals surface area (Å²) in [7, 11) is 0. The summed E-state index contributed by atoms with van der Waals surface area (Å²) in [6.07, 6.45) is 4.07. The zero-order valence-corrected chi connectivity index (χ0v) is 11.8. The van der Waals surface area contributed by atoms with Gasteiger partial charge in [0.25, 0.3) is 5.91 Å². The first-order chi connectivity index (χ1) is 9.69. The molecule has 2 heterocycles. The molecule has 1 N–H and O–H groups in total. The molecule has 2 fully saturated rings. The lowest BCUT2D eigenvalue weighted by Crippen LogP contribution is -2.62. The summed E-state index contributed by atoms with van der Waals surface area (Å²) < 4.78 is 0. The average molecular weight is 289 g/mol. The van der Waals surface area contributed by atoms with E-state index in [1.54, 1.807) is 16.3 Å². The summed E-state index contributed by atoms with van der Waals surface area (Å²) in [5.74, 6) is -0.207. The number of carbonyl (C=O) groups excluding carboxylic acids is 2. The highest BCUT2D eigenvalue weighted by Gasteiger charge is 2.39. The van der Waals surface area contributed by atoms with E-state index in [1.807, 2.05) is 6.07 Å². The molecule has 1 aliphatic carbocycles. The van der Waals surface area contributed by atoms with Crippen LogP contribution in [0.4, 0.5) is 0 Å². The SMILES string of the molecule is N#Cc1csc(C(=O)N2CC(=O)NC3CCCCC32)c1. The highest BCUT2D eigenvalue weighted by Crippen LogP contribution is 2.28. The van der Waals surface area contributed by atoms with Gasteiger partial charge in [0.2, 0.25) is 5.91 Å². The lowest BCUT2D eigenvalue weighted by molar-refractivity contribution is -0.127. The van der Waals surface area contributed by atoms with Crippen LogP contribution in [-0.4, -0.2) is 35.3 Å². The van der Waals surface area contributed by atoms with E-state index in [-0.39, 0.29) is 30.4 Å². The second-order valence-electron chi connectivity index (χ2n) is 5.27. The van der Waals surface area contributed by atoms with E-state index in [4.69, 9.17) is 5.26 Å². The Kier molecular flexibility index (Phi) is 3.45. The van der Waals surface area contributed by atoms with Gasteiger partial charge in [-0.25, -0.2) is 0 Å². The monoisotopic (exact) mass is 289 g/mol. The Morgan fingerprint density at radius 1 is 1.45 bits per heavy atom. The molecular weight excluding hydrogens is 274 g/mol. The Morgan fingerprint density at radius 2 is 2.25 bits per heavy atom. The van der Waals surface area contributed by atoms with Crippen molar-refractivity contribution in [3.63, 3.8) is 0 Å². The van der Waals surface area contributed by atoms with Crippen molar-refractivity contribution in [2.24, 2.45) is 0 Å². The molecule has 1 aromatic heterocycles. The van der Waals surface area contributed by atoms with E-state index in [2.05, 4.69) is 5.32 Å². The van der Waals surface area contributed by atoms with Crippen LogP contribution >= 0.6 is 11.3 Å². The van der Waals surface area contributed by atoms with E-state index in [9.17, 15) is 9.59 Å². The van der Waals surface area contributed by atoms with Gasteiger partial charge >= 0.3 is 0 Å². The van der Waals surface area contributed by atoms with Crippen molar-refractivity contribution in [2.45, 2.75) is 37.8 Å². The number of nitrogens with one attached hydrogen (secondary N) is 1. The highest BCUT2D eigenvalue weighted by atomic mass is 32.1. The third-order valence-corrected chi connectivity index (χ3v) is 4.91. The Bertz CT molecular complexity index is 589. The maximum atomic E-state index is 12.6. The quantitative estimate of drug-likeness (QED) is 0.851. The Balaban J connectivity index is 1.84. The summed E-state index contributed by atoms with van der Waals surface area (Å²) in [6.45, 7) is 0.125. The number of hydrogen-bond acceptors (Lipinski definition) is 4. The van der Waals surface area contributed by atoms with Crippen LogP contribution in [0, 0.1) is 11.3 Å². The largest absolute Gasteiger partial charge is 0.350 e. The molecule has 2 atom stereocenters. The fourth-order valence-corrected chi connectivity index (χ4v) is 3.84. The molecule has 5 nitrogen and oxygen atoms in total. The molecule has 0 bridgehead atoms. The minimum Gasteiger partial charge on any atom is -0.350 e. The van der Waals surface area contributed by atoms with Gasteiger partial charge in [-0.2, -0.15) is 5.26 Å². The van der Waals surface area contributed by atoms with Gasteiger partial charge in [0.1, 0.15) is 12.6 Å². The first-order valence-electron chi connectivity index (χ1n) is 6.78. The lowest BCUT2D eigenvalue weighted by atomic mass is 9.87. The molecule has 2 amide bonds. The average Bonchev–Trinajstić information content (AvgIpc) is 2.94. The standard InChI is InChI=1S/C14H15N3O2S/c15-6-9-5-12(20-8-9)14(19)17-7-13(18)16-10-3-1-2-4-11(10)17/h5,8,10-11H,1-4,7H2,(H,16,18). The molecule has 0 radical (unpaired) electrons. The first-order valence-corrected chi connectivity index (χ1v) is 7.66. The predicted molar refractivity (Wildman–Crippen MR) is 74.3 cm³/mol. The van der Waals surface area contributed by atoms with Crippen LogP contribution < -0.4 is 5.32 Å². The summed E-state index contributed by atoms with van der Waals surface area (Å²) >= 11 is 1.27. The highest BCUT2D eigenvalue weighted by molar-refractivity contribution is 7.12. The molecule has 1 aliphatic heterocycles. The number of hydrogen-bond donors (Lipinski definition) is 1. The maximum absolute atomic E-state index is 12.6. The van der Waals surface area contributed by atoms with Crippen molar-refractivity contribution in [3.05, 3.63) is 21.9 Å². The molecule has 0 spiro atoms. The van der Waals surface area contributed by atoms with Gasteiger partial charge in [-0.3, -0.25) is 9.59 Å². The van der Waals surface area contributed by atoms with Gasteiger partial charge in [-0.05, 0) is 18.9 Å². The minimum atomic E-state index is -0.122. The third-order valence-electron chi connectivity index (χ3n) is 3.99. The van der Waals surface area contributed by atoms with Gasteiger partial charge < -0.3 is 10.2 Å². The van der Waals surface area contributed by atoms with Crippen molar-refractivity contribution in [3.8, 4) is 6.07 Å². The van der Waals surface area contributed by atoms with Crippen molar-refractivity contribution in [1.29, 1.82) is 5.26 Å². The molecule has 3 rings (SSSR count). The first kappa shape index (κ1) is 13.1. The zero-order valence-electron chi connectivity index (χ0n) is 11.0. The van der Waals surface area contributed by atoms with E-state index in [1.165, 1.54) is 11.3 Å².